The predicted molar refractivity (Wildman–Crippen MR) is 93.6 cm³/mol. The number of ether oxygens (including phenoxy) is 1. The highest BCUT2D eigenvalue weighted by molar-refractivity contribution is 5.90. The van der Waals surface area contributed by atoms with Crippen LogP contribution in [0.25, 0.3) is 0 Å². The number of carbonyl (C=O) groups is 1. The number of allylic oxidation sites excluding steroid dienone is 1. The molecule has 2 saturated carbocycles. The molecule has 5 heteroatoms. The van der Waals surface area contributed by atoms with Gasteiger partial charge in [-0.15, -0.1) is 0 Å². The summed E-state index contributed by atoms with van der Waals surface area (Å²) in [5.41, 5.74) is 0.942. The van der Waals surface area contributed by atoms with Crippen molar-refractivity contribution in [2.24, 2.45) is 22.7 Å². The Hall–Kier alpha value is -1.17. The smallest absolute Gasteiger partial charge is 0.334 e. The van der Waals surface area contributed by atoms with Crippen molar-refractivity contribution in [3.8, 4) is 0 Å². The van der Waals surface area contributed by atoms with E-state index in [1.165, 1.54) is 5.57 Å². The molecule has 3 N–H and O–H groups in total. The van der Waals surface area contributed by atoms with E-state index in [9.17, 15) is 20.1 Å². The Labute approximate surface area is 149 Å². The van der Waals surface area contributed by atoms with Gasteiger partial charge >= 0.3 is 5.97 Å². The molecule has 1 unspecified atom stereocenters. The number of aliphatic hydroxyl groups is 3. The predicted octanol–water partition coefficient (Wildman–Crippen LogP) is 1.96. The molecule has 0 saturated heterocycles. The second-order valence-electron chi connectivity index (χ2n) is 8.28. The van der Waals surface area contributed by atoms with Gasteiger partial charge in [-0.25, -0.2) is 4.79 Å². The van der Waals surface area contributed by atoms with Crippen LogP contribution in [0.15, 0.2) is 23.8 Å². The maximum absolute atomic E-state index is 11.7. The van der Waals surface area contributed by atoms with Crippen molar-refractivity contribution < 1.29 is 24.9 Å². The highest BCUT2D eigenvalue weighted by atomic mass is 16.5. The quantitative estimate of drug-likeness (QED) is 0.521. The summed E-state index contributed by atoms with van der Waals surface area (Å²) in [4.78, 5) is 11.7. The van der Waals surface area contributed by atoms with Gasteiger partial charge in [0, 0.05) is 11.0 Å². The molecule has 1 heterocycles. The maximum atomic E-state index is 11.7. The molecule has 1 aliphatic heterocycles. The minimum Gasteiger partial charge on any atom is -0.458 e. The minimum atomic E-state index is -0.850. The molecule has 140 valence electrons. The normalized spacial score (nSPS) is 37.4. The molecule has 0 amide bonds. The standard InChI is InChI=1S/C20H30O5/c1-13-3-6-16-19(2,9-7-17(23)20(16,11-21)12-22)15(13)5-4-14-8-10-25-18(14)24/h8,15-17,21-23H,1,3-7,9-12H2,2H3/t15-,16?,17-,19+/m1/s1. The SMILES string of the molecule is C=C1CCC2C(CO)(CO)[C@H](O)CC[C@@]2(C)[C@@H]1CCC1=CCOC1=O. The van der Waals surface area contributed by atoms with Crippen molar-refractivity contribution in [3.05, 3.63) is 23.8 Å². The third-order valence-electron chi connectivity index (χ3n) is 7.25. The van der Waals surface area contributed by atoms with Crippen molar-refractivity contribution in [3.63, 3.8) is 0 Å². The van der Waals surface area contributed by atoms with E-state index in [1.807, 2.05) is 6.08 Å². The van der Waals surface area contributed by atoms with Crippen molar-refractivity contribution in [1.82, 2.24) is 0 Å². The Bertz CT molecular complexity index is 577. The average molecular weight is 350 g/mol. The van der Waals surface area contributed by atoms with Crippen LogP contribution >= 0.6 is 0 Å². The number of hydrogen-bond acceptors (Lipinski definition) is 5. The molecule has 0 aromatic carbocycles. The molecule has 0 spiro atoms. The van der Waals surface area contributed by atoms with Gasteiger partial charge in [-0.3, -0.25) is 0 Å². The van der Waals surface area contributed by atoms with E-state index in [1.54, 1.807) is 0 Å². The Balaban J connectivity index is 1.85. The van der Waals surface area contributed by atoms with Crippen LogP contribution in [0.1, 0.15) is 45.4 Å². The van der Waals surface area contributed by atoms with Crippen LogP contribution in [0.5, 0.6) is 0 Å². The summed E-state index contributed by atoms with van der Waals surface area (Å²) in [6, 6.07) is 0. The largest absolute Gasteiger partial charge is 0.458 e. The van der Waals surface area contributed by atoms with E-state index in [0.29, 0.717) is 19.4 Å². The average Bonchev–Trinajstić information content (AvgIpc) is 3.00. The number of rotatable bonds is 5. The van der Waals surface area contributed by atoms with Crippen LogP contribution in [0, 0.1) is 22.7 Å². The topological polar surface area (TPSA) is 87.0 Å². The first kappa shape index (κ1) is 18.6. The summed E-state index contributed by atoms with van der Waals surface area (Å²) in [6.07, 6.45) is 5.73. The van der Waals surface area contributed by atoms with E-state index < -0.39 is 11.5 Å². The Morgan fingerprint density at radius 2 is 2.04 bits per heavy atom. The monoisotopic (exact) mass is 350 g/mol. The van der Waals surface area contributed by atoms with Gasteiger partial charge in [-0.1, -0.05) is 19.1 Å². The lowest BCUT2D eigenvalue weighted by Crippen LogP contribution is -2.60. The number of carbonyl (C=O) groups excluding carboxylic acids is 1. The van der Waals surface area contributed by atoms with Crippen LogP contribution < -0.4 is 0 Å². The third kappa shape index (κ3) is 2.86. The van der Waals surface area contributed by atoms with E-state index in [0.717, 1.165) is 31.3 Å². The van der Waals surface area contributed by atoms with Gasteiger partial charge in [0.1, 0.15) is 6.61 Å². The van der Waals surface area contributed by atoms with Gasteiger partial charge in [0.05, 0.1) is 19.3 Å². The fraction of sp³-hybridized carbons (Fsp3) is 0.750. The first-order valence-corrected chi connectivity index (χ1v) is 9.32. The highest BCUT2D eigenvalue weighted by Gasteiger charge is 2.59. The number of esters is 1. The molecule has 3 rings (SSSR count). The minimum absolute atomic E-state index is 0.0405. The molecule has 0 radical (unpaired) electrons. The van der Waals surface area contributed by atoms with Gasteiger partial charge < -0.3 is 20.1 Å². The van der Waals surface area contributed by atoms with Crippen LogP contribution in [0.4, 0.5) is 0 Å². The fourth-order valence-corrected chi connectivity index (χ4v) is 5.72. The summed E-state index contributed by atoms with van der Waals surface area (Å²) in [6.45, 7) is 6.45. The van der Waals surface area contributed by atoms with Gasteiger partial charge in [-0.2, -0.15) is 0 Å². The molecular formula is C20H30O5. The first-order chi connectivity index (χ1) is 11.9. The molecule has 2 fully saturated rings. The van der Waals surface area contributed by atoms with Crippen LogP contribution in [-0.4, -0.2) is 47.2 Å². The molecule has 4 atom stereocenters. The van der Waals surface area contributed by atoms with Gasteiger partial charge in [-0.05, 0) is 61.9 Å². The van der Waals surface area contributed by atoms with Crippen molar-refractivity contribution in [2.75, 3.05) is 19.8 Å². The Morgan fingerprint density at radius 1 is 1.32 bits per heavy atom. The van der Waals surface area contributed by atoms with E-state index in [-0.39, 0.29) is 36.4 Å². The molecular weight excluding hydrogens is 320 g/mol. The van der Waals surface area contributed by atoms with Crippen molar-refractivity contribution in [2.45, 2.75) is 51.6 Å². The summed E-state index contributed by atoms with van der Waals surface area (Å²) < 4.78 is 4.99. The van der Waals surface area contributed by atoms with E-state index in [4.69, 9.17) is 4.74 Å². The molecule has 2 aliphatic carbocycles. The Kier molecular flexibility index (Phi) is 5.11. The van der Waals surface area contributed by atoms with Crippen LogP contribution in [0.3, 0.4) is 0 Å². The van der Waals surface area contributed by atoms with E-state index >= 15 is 0 Å². The lowest BCUT2D eigenvalue weighted by atomic mass is 9.45. The van der Waals surface area contributed by atoms with E-state index in [2.05, 4.69) is 13.5 Å². The summed E-state index contributed by atoms with van der Waals surface area (Å²) >= 11 is 0. The summed E-state index contributed by atoms with van der Waals surface area (Å²) in [7, 11) is 0. The fourth-order valence-electron chi connectivity index (χ4n) is 5.72. The molecule has 0 bridgehead atoms. The molecule has 0 aromatic rings. The third-order valence-corrected chi connectivity index (χ3v) is 7.25. The zero-order chi connectivity index (χ0) is 18.2. The van der Waals surface area contributed by atoms with Gasteiger partial charge in [0.25, 0.3) is 0 Å². The number of hydrogen-bond donors (Lipinski definition) is 3. The maximum Gasteiger partial charge on any atom is 0.334 e. The number of aliphatic hydroxyl groups excluding tert-OH is 3. The highest BCUT2D eigenvalue weighted by Crippen LogP contribution is 2.61. The first-order valence-electron chi connectivity index (χ1n) is 9.32. The Morgan fingerprint density at radius 3 is 2.64 bits per heavy atom. The molecule has 25 heavy (non-hydrogen) atoms. The number of cyclic esters (lactones) is 1. The lowest BCUT2D eigenvalue weighted by molar-refractivity contribution is -0.179. The second kappa shape index (κ2) is 6.86. The zero-order valence-corrected chi connectivity index (χ0v) is 15.0. The van der Waals surface area contributed by atoms with Gasteiger partial charge in [0.15, 0.2) is 0 Å². The molecule has 0 aromatic heterocycles. The summed E-state index contributed by atoms with van der Waals surface area (Å²) in [5, 5.41) is 30.6. The lowest BCUT2D eigenvalue weighted by Gasteiger charge is -2.60. The second-order valence-corrected chi connectivity index (χ2v) is 8.28. The molecule has 5 nitrogen and oxygen atoms in total. The molecule has 3 aliphatic rings. The van der Waals surface area contributed by atoms with Crippen molar-refractivity contribution >= 4 is 5.97 Å². The number of fused-ring (bicyclic) bond motifs is 1. The van der Waals surface area contributed by atoms with Crippen LogP contribution in [-0.2, 0) is 9.53 Å². The zero-order valence-electron chi connectivity index (χ0n) is 15.0. The van der Waals surface area contributed by atoms with Crippen LogP contribution in [0.2, 0.25) is 0 Å². The van der Waals surface area contributed by atoms with Gasteiger partial charge in [0.2, 0.25) is 0 Å². The van der Waals surface area contributed by atoms with Crippen molar-refractivity contribution in [1.29, 1.82) is 0 Å². The summed E-state index contributed by atoms with van der Waals surface area (Å²) in [5.74, 6) is 0.0338.